The SMILES string of the molecule is CC(C)OC1ONC(=O)C1(C)C. The van der Waals surface area contributed by atoms with Crippen molar-refractivity contribution in [2.45, 2.75) is 40.1 Å². The molecule has 12 heavy (non-hydrogen) atoms. The van der Waals surface area contributed by atoms with Gasteiger partial charge in [-0.1, -0.05) is 0 Å². The molecule has 1 saturated heterocycles. The second-order valence-corrected chi connectivity index (χ2v) is 3.79. The van der Waals surface area contributed by atoms with Crippen molar-refractivity contribution in [3.05, 3.63) is 0 Å². The molecule has 1 unspecified atom stereocenters. The molecule has 0 bridgehead atoms. The summed E-state index contributed by atoms with van der Waals surface area (Å²) in [4.78, 5) is 16.1. The van der Waals surface area contributed by atoms with Crippen LogP contribution in [0.15, 0.2) is 0 Å². The third-order valence-electron chi connectivity index (χ3n) is 1.83. The van der Waals surface area contributed by atoms with Crippen LogP contribution in [0.3, 0.4) is 0 Å². The third kappa shape index (κ3) is 1.59. The fourth-order valence-corrected chi connectivity index (χ4v) is 0.938. The second-order valence-electron chi connectivity index (χ2n) is 3.79. The summed E-state index contributed by atoms with van der Waals surface area (Å²) in [5, 5.41) is 0. The Morgan fingerprint density at radius 1 is 1.58 bits per heavy atom. The summed E-state index contributed by atoms with van der Waals surface area (Å²) in [7, 11) is 0. The van der Waals surface area contributed by atoms with Crippen LogP contribution in [0.1, 0.15) is 27.7 Å². The molecule has 1 aliphatic rings. The third-order valence-corrected chi connectivity index (χ3v) is 1.83. The first-order valence-corrected chi connectivity index (χ1v) is 4.06. The van der Waals surface area contributed by atoms with E-state index in [1.807, 2.05) is 13.8 Å². The molecule has 0 aliphatic carbocycles. The minimum atomic E-state index is -0.593. The van der Waals surface area contributed by atoms with Gasteiger partial charge < -0.3 is 4.74 Å². The Kier molecular flexibility index (Phi) is 2.39. The zero-order valence-corrected chi connectivity index (χ0v) is 7.88. The van der Waals surface area contributed by atoms with E-state index in [-0.39, 0.29) is 12.0 Å². The minimum absolute atomic E-state index is 0.0574. The molecule has 0 spiro atoms. The van der Waals surface area contributed by atoms with Gasteiger partial charge >= 0.3 is 0 Å². The van der Waals surface area contributed by atoms with Gasteiger partial charge in [-0.25, -0.2) is 10.3 Å². The molecule has 1 N–H and O–H groups in total. The zero-order chi connectivity index (χ0) is 9.35. The Morgan fingerprint density at radius 3 is 2.50 bits per heavy atom. The highest BCUT2D eigenvalue weighted by molar-refractivity contribution is 5.82. The average molecular weight is 173 g/mol. The van der Waals surface area contributed by atoms with Gasteiger partial charge in [-0.3, -0.25) is 4.79 Å². The van der Waals surface area contributed by atoms with Crippen molar-refractivity contribution < 1.29 is 14.4 Å². The number of hydrogen-bond donors (Lipinski definition) is 1. The van der Waals surface area contributed by atoms with E-state index < -0.39 is 11.7 Å². The molecule has 0 aromatic heterocycles. The lowest BCUT2D eigenvalue weighted by Crippen LogP contribution is -2.34. The molecule has 4 nitrogen and oxygen atoms in total. The maximum absolute atomic E-state index is 11.2. The van der Waals surface area contributed by atoms with E-state index in [2.05, 4.69) is 5.48 Å². The molecular weight excluding hydrogens is 158 g/mol. The number of nitrogens with one attached hydrogen (secondary N) is 1. The maximum Gasteiger partial charge on any atom is 0.254 e. The van der Waals surface area contributed by atoms with Crippen LogP contribution in [0.5, 0.6) is 0 Å². The quantitative estimate of drug-likeness (QED) is 0.672. The Hall–Kier alpha value is -0.610. The summed E-state index contributed by atoms with van der Waals surface area (Å²) in [6, 6.07) is 0. The molecule has 0 saturated carbocycles. The summed E-state index contributed by atoms with van der Waals surface area (Å²) < 4.78 is 5.39. The van der Waals surface area contributed by atoms with Crippen LogP contribution >= 0.6 is 0 Å². The Balaban J connectivity index is 2.62. The van der Waals surface area contributed by atoms with E-state index in [9.17, 15) is 4.79 Å². The van der Waals surface area contributed by atoms with Crippen LogP contribution in [-0.2, 0) is 14.4 Å². The van der Waals surface area contributed by atoms with Crippen molar-refractivity contribution in [3.63, 3.8) is 0 Å². The lowest BCUT2D eigenvalue weighted by Gasteiger charge is -2.22. The fourth-order valence-electron chi connectivity index (χ4n) is 0.938. The average Bonchev–Trinajstić information content (AvgIpc) is 2.15. The number of amides is 1. The van der Waals surface area contributed by atoms with Crippen LogP contribution in [-0.4, -0.2) is 18.3 Å². The largest absolute Gasteiger partial charge is 0.347 e. The fraction of sp³-hybridized carbons (Fsp3) is 0.875. The molecule has 1 rings (SSSR count). The van der Waals surface area contributed by atoms with Gasteiger partial charge in [-0.2, -0.15) is 0 Å². The van der Waals surface area contributed by atoms with Gasteiger partial charge in [-0.05, 0) is 27.7 Å². The van der Waals surface area contributed by atoms with E-state index >= 15 is 0 Å². The molecule has 0 aromatic carbocycles. The van der Waals surface area contributed by atoms with Crippen LogP contribution in [0.25, 0.3) is 0 Å². The first-order valence-electron chi connectivity index (χ1n) is 4.06. The summed E-state index contributed by atoms with van der Waals surface area (Å²) in [5.41, 5.74) is 1.71. The highest BCUT2D eigenvalue weighted by Gasteiger charge is 2.45. The van der Waals surface area contributed by atoms with Gasteiger partial charge in [0.1, 0.15) is 0 Å². The van der Waals surface area contributed by atoms with Gasteiger partial charge in [0.25, 0.3) is 5.91 Å². The van der Waals surface area contributed by atoms with Crippen molar-refractivity contribution in [1.29, 1.82) is 0 Å². The van der Waals surface area contributed by atoms with Gasteiger partial charge in [0.15, 0.2) is 6.29 Å². The lowest BCUT2D eigenvalue weighted by molar-refractivity contribution is -0.191. The highest BCUT2D eigenvalue weighted by Crippen LogP contribution is 2.29. The van der Waals surface area contributed by atoms with Crippen molar-refractivity contribution >= 4 is 5.91 Å². The predicted octanol–water partition coefficient (Wildman–Crippen LogP) is 0.825. The van der Waals surface area contributed by atoms with Gasteiger partial charge in [0, 0.05) is 0 Å². The van der Waals surface area contributed by atoms with Crippen molar-refractivity contribution in [3.8, 4) is 0 Å². The van der Waals surface area contributed by atoms with Crippen LogP contribution in [0, 0.1) is 5.41 Å². The molecule has 4 heteroatoms. The number of carbonyl (C=O) groups excluding carboxylic acids is 1. The van der Waals surface area contributed by atoms with E-state index in [0.717, 1.165) is 0 Å². The van der Waals surface area contributed by atoms with E-state index in [4.69, 9.17) is 9.57 Å². The molecule has 1 fully saturated rings. The van der Waals surface area contributed by atoms with E-state index in [0.29, 0.717) is 0 Å². The first kappa shape index (κ1) is 9.48. The number of rotatable bonds is 2. The number of ether oxygens (including phenoxy) is 1. The molecular formula is C8H15NO3. The molecule has 1 aliphatic heterocycles. The Bertz CT molecular complexity index is 189. The highest BCUT2D eigenvalue weighted by atomic mass is 16.8. The van der Waals surface area contributed by atoms with E-state index in [1.54, 1.807) is 13.8 Å². The van der Waals surface area contributed by atoms with E-state index in [1.165, 1.54) is 0 Å². The zero-order valence-electron chi connectivity index (χ0n) is 7.88. The number of carbonyl (C=O) groups is 1. The van der Waals surface area contributed by atoms with Crippen molar-refractivity contribution in [2.75, 3.05) is 0 Å². The maximum atomic E-state index is 11.2. The smallest absolute Gasteiger partial charge is 0.254 e. The molecule has 1 heterocycles. The van der Waals surface area contributed by atoms with Crippen molar-refractivity contribution in [2.24, 2.45) is 5.41 Å². The predicted molar refractivity (Wildman–Crippen MR) is 43.0 cm³/mol. The molecule has 1 atom stereocenters. The normalized spacial score (nSPS) is 27.8. The Labute approximate surface area is 72.2 Å². The van der Waals surface area contributed by atoms with Gasteiger partial charge in [0.05, 0.1) is 11.5 Å². The summed E-state index contributed by atoms with van der Waals surface area (Å²) in [5.74, 6) is -0.131. The van der Waals surface area contributed by atoms with Crippen LogP contribution < -0.4 is 5.48 Å². The molecule has 70 valence electrons. The van der Waals surface area contributed by atoms with Crippen LogP contribution in [0.2, 0.25) is 0 Å². The number of hydroxylamine groups is 1. The second kappa shape index (κ2) is 3.03. The standard InChI is InChI=1S/C8H15NO3/c1-5(2)11-7-8(3,4)6(10)9-12-7/h5,7H,1-4H3,(H,9,10). The summed E-state index contributed by atoms with van der Waals surface area (Å²) in [6.07, 6.45) is -0.424. The van der Waals surface area contributed by atoms with Gasteiger partial charge in [-0.15, -0.1) is 0 Å². The molecule has 0 radical (unpaired) electrons. The Morgan fingerprint density at radius 2 is 2.17 bits per heavy atom. The van der Waals surface area contributed by atoms with Crippen LogP contribution in [0.4, 0.5) is 0 Å². The minimum Gasteiger partial charge on any atom is -0.347 e. The molecule has 0 aromatic rings. The molecule has 1 amide bonds. The first-order chi connectivity index (χ1) is 5.44. The van der Waals surface area contributed by atoms with Gasteiger partial charge in [0.2, 0.25) is 0 Å². The monoisotopic (exact) mass is 173 g/mol. The number of hydrogen-bond acceptors (Lipinski definition) is 3. The van der Waals surface area contributed by atoms with Crippen molar-refractivity contribution in [1.82, 2.24) is 5.48 Å². The topological polar surface area (TPSA) is 47.6 Å². The summed E-state index contributed by atoms with van der Waals surface area (Å²) >= 11 is 0. The lowest BCUT2D eigenvalue weighted by atomic mass is 9.93. The summed E-state index contributed by atoms with van der Waals surface area (Å²) in [6.45, 7) is 7.40.